The zero-order valence-electron chi connectivity index (χ0n) is 10.5. The predicted octanol–water partition coefficient (Wildman–Crippen LogP) is 5.03. The Morgan fingerprint density at radius 3 is 2.38 bits per heavy atom. The van der Waals surface area contributed by atoms with Crippen molar-refractivity contribution in [2.24, 2.45) is 0 Å². The van der Waals surface area contributed by atoms with Gasteiger partial charge in [0, 0.05) is 16.5 Å². The maximum absolute atomic E-state index is 13.7. The summed E-state index contributed by atoms with van der Waals surface area (Å²) in [5.41, 5.74) is -1.40. The molecule has 0 unspecified atom stereocenters. The third-order valence-corrected chi connectivity index (χ3v) is 3.39. The summed E-state index contributed by atoms with van der Waals surface area (Å²) in [6.07, 6.45) is -5.04. The molecule has 2 rings (SSSR count). The Labute approximate surface area is 126 Å². The monoisotopic (exact) mass is 360 g/mol. The number of alkyl halides is 3. The third-order valence-electron chi connectivity index (χ3n) is 2.90. The fourth-order valence-electron chi connectivity index (χ4n) is 1.91. The molecule has 0 spiro atoms. The van der Waals surface area contributed by atoms with E-state index in [0.29, 0.717) is 4.47 Å². The highest BCUT2D eigenvalue weighted by atomic mass is 79.9. The van der Waals surface area contributed by atoms with Crippen LogP contribution in [0.4, 0.5) is 17.6 Å². The van der Waals surface area contributed by atoms with Gasteiger partial charge in [-0.2, -0.15) is 13.2 Å². The van der Waals surface area contributed by atoms with Crippen LogP contribution >= 0.6 is 15.9 Å². The number of Topliss-reactive ketones (excluding diaryl/α,β-unsaturated/α-hetero) is 1. The molecule has 0 aliphatic heterocycles. The quantitative estimate of drug-likeness (QED) is 0.554. The summed E-state index contributed by atoms with van der Waals surface area (Å²) >= 11 is 3.07. The minimum Gasteiger partial charge on any atom is -0.294 e. The lowest BCUT2D eigenvalue weighted by Crippen LogP contribution is -2.14. The fraction of sp³-hybridized carbons (Fsp3) is 0.133. The van der Waals surface area contributed by atoms with Crippen molar-refractivity contribution in [2.45, 2.75) is 12.6 Å². The van der Waals surface area contributed by atoms with E-state index in [9.17, 15) is 22.4 Å². The molecule has 0 saturated carbocycles. The number of rotatable bonds is 3. The molecule has 0 aliphatic carbocycles. The van der Waals surface area contributed by atoms with Gasteiger partial charge in [-0.25, -0.2) is 4.39 Å². The van der Waals surface area contributed by atoms with Crippen LogP contribution in [0.5, 0.6) is 0 Å². The molecular formula is C15H9BrF4O. The maximum atomic E-state index is 13.7. The zero-order valence-corrected chi connectivity index (χ0v) is 12.1. The Hall–Kier alpha value is -1.69. The van der Waals surface area contributed by atoms with Crippen molar-refractivity contribution in [3.63, 3.8) is 0 Å². The molecule has 0 saturated heterocycles. The van der Waals surface area contributed by atoms with Crippen molar-refractivity contribution < 1.29 is 22.4 Å². The topological polar surface area (TPSA) is 17.1 Å². The smallest absolute Gasteiger partial charge is 0.294 e. The summed E-state index contributed by atoms with van der Waals surface area (Å²) in [7, 11) is 0. The van der Waals surface area contributed by atoms with E-state index in [-0.39, 0.29) is 5.56 Å². The standard InChI is InChI=1S/C15H9BrF4O/c16-10-6-5-9(13(17)8-10)7-14(21)11-3-1-2-4-12(11)15(18,19)20/h1-6,8H,7H2. The first-order valence-electron chi connectivity index (χ1n) is 5.92. The molecule has 2 aromatic carbocycles. The number of benzene rings is 2. The minimum atomic E-state index is -4.62. The van der Waals surface area contributed by atoms with E-state index in [1.54, 1.807) is 0 Å². The number of halogens is 5. The van der Waals surface area contributed by atoms with E-state index in [1.165, 1.54) is 24.3 Å². The molecule has 2 aromatic rings. The van der Waals surface area contributed by atoms with Crippen LogP contribution in [0.3, 0.4) is 0 Å². The van der Waals surface area contributed by atoms with Gasteiger partial charge in [0.05, 0.1) is 5.56 Å². The first-order chi connectivity index (χ1) is 9.79. The van der Waals surface area contributed by atoms with Gasteiger partial charge in [-0.3, -0.25) is 4.79 Å². The second-order valence-corrected chi connectivity index (χ2v) is 5.29. The molecular weight excluding hydrogens is 352 g/mol. The molecule has 0 atom stereocenters. The molecule has 1 nitrogen and oxygen atoms in total. The Kier molecular flexibility index (Phi) is 4.46. The molecule has 0 aliphatic rings. The third kappa shape index (κ3) is 3.69. The van der Waals surface area contributed by atoms with Gasteiger partial charge in [-0.15, -0.1) is 0 Å². The lowest BCUT2D eigenvalue weighted by atomic mass is 9.98. The second-order valence-electron chi connectivity index (χ2n) is 4.38. The van der Waals surface area contributed by atoms with Gasteiger partial charge < -0.3 is 0 Å². The maximum Gasteiger partial charge on any atom is 0.417 e. The number of ketones is 1. The normalized spacial score (nSPS) is 11.5. The second kappa shape index (κ2) is 5.97. The lowest BCUT2D eigenvalue weighted by Gasteiger charge is -2.12. The van der Waals surface area contributed by atoms with E-state index in [2.05, 4.69) is 15.9 Å². The van der Waals surface area contributed by atoms with Crippen LogP contribution < -0.4 is 0 Å². The van der Waals surface area contributed by atoms with Crippen LogP contribution in [0.2, 0.25) is 0 Å². The molecule has 0 aromatic heterocycles. The van der Waals surface area contributed by atoms with Gasteiger partial charge in [0.1, 0.15) is 5.82 Å². The fourth-order valence-corrected chi connectivity index (χ4v) is 2.24. The highest BCUT2D eigenvalue weighted by Gasteiger charge is 2.34. The van der Waals surface area contributed by atoms with E-state index < -0.39 is 35.3 Å². The van der Waals surface area contributed by atoms with Gasteiger partial charge in [0.2, 0.25) is 0 Å². The van der Waals surface area contributed by atoms with E-state index in [1.807, 2.05) is 0 Å². The largest absolute Gasteiger partial charge is 0.417 e. The van der Waals surface area contributed by atoms with Crippen LogP contribution in [0.1, 0.15) is 21.5 Å². The van der Waals surface area contributed by atoms with Crippen LogP contribution in [-0.4, -0.2) is 5.78 Å². The summed E-state index contributed by atoms with van der Waals surface area (Å²) in [5.74, 6) is -1.41. The summed E-state index contributed by atoms with van der Waals surface area (Å²) in [6.45, 7) is 0. The first kappa shape index (κ1) is 15.7. The predicted molar refractivity (Wildman–Crippen MR) is 73.6 cm³/mol. The highest BCUT2D eigenvalue weighted by molar-refractivity contribution is 9.10. The molecule has 0 radical (unpaired) electrons. The molecule has 21 heavy (non-hydrogen) atoms. The van der Waals surface area contributed by atoms with Crippen LogP contribution in [0.25, 0.3) is 0 Å². The lowest BCUT2D eigenvalue weighted by molar-refractivity contribution is -0.137. The zero-order chi connectivity index (χ0) is 15.6. The Balaban J connectivity index is 2.33. The van der Waals surface area contributed by atoms with Crippen LogP contribution in [0, 0.1) is 5.82 Å². The summed E-state index contributed by atoms with van der Waals surface area (Å²) < 4.78 is 52.7. The van der Waals surface area contributed by atoms with Gasteiger partial charge in [0.25, 0.3) is 0 Å². The average Bonchev–Trinajstić information content (AvgIpc) is 2.41. The van der Waals surface area contributed by atoms with Crippen molar-refractivity contribution in [3.8, 4) is 0 Å². The number of carbonyl (C=O) groups excluding carboxylic acids is 1. The van der Waals surface area contributed by atoms with E-state index >= 15 is 0 Å². The average molecular weight is 361 g/mol. The molecule has 0 fully saturated rings. The van der Waals surface area contributed by atoms with Crippen molar-refractivity contribution in [1.29, 1.82) is 0 Å². The minimum absolute atomic E-state index is 0.0557. The molecule has 6 heteroatoms. The SMILES string of the molecule is O=C(Cc1ccc(Br)cc1F)c1ccccc1C(F)(F)F. The van der Waals surface area contributed by atoms with E-state index in [4.69, 9.17) is 0 Å². The number of carbonyl (C=O) groups is 1. The van der Waals surface area contributed by atoms with Crippen molar-refractivity contribution in [2.75, 3.05) is 0 Å². The van der Waals surface area contributed by atoms with E-state index in [0.717, 1.165) is 18.2 Å². The molecule has 0 amide bonds. The van der Waals surface area contributed by atoms with Gasteiger partial charge in [-0.1, -0.05) is 40.2 Å². The first-order valence-corrected chi connectivity index (χ1v) is 6.71. The summed E-state index contributed by atoms with van der Waals surface area (Å²) in [4.78, 5) is 12.0. The van der Waals surface area contributed by atoms with Gasteiger partial charge in [0.15, 0.2) is 5.78 Å². The Morgan fingerprint density at radius 2 is 1.76 bits per heavy atom. The van der Waals surface area contributed by atoms with Crippen LogP contribution in [0.15, 0.2) is 46.9 Å². The Bertz CT molecular complexity index is 680. The van der Waals surface area contributed by atoms with Gasteiger partial charge in [-0.05, 0) is 23.8 Å². The van der Waals surface area contributed by atoms with Crippen molar-refractivity contribution >= 4 is 21.7 Å². The van der Waals surface area contributed by atoms with Crippen LogP contribution in [-0.2, 0) is 12.6 Å². The van der Waals surface area contributed by atoms with Crippen molar-refractivity contribution in [1.82, 2.24) is 0 Å². The highest BCUT2D eigenvalue weighted by Crippen LogP contribution is 2.32. The molecule has 0 N–H and O–H groups in total. The summed E-state index contributed by atoms with van der Waals surface area (Å²) in [5, 5.41) is 0. The molecule has 0 bridgehead atoms. The molecule has 0 heterocycles. The number of hydrogen-bond donors (Lipinski definition) is 0. The van der Waals surface area contributed by atoms with Crippen molar-refractivity contribution in [3.05, 3.63) is 69.4 Å². The Morgan fingerprint density at radius 1 is 1.10 bits per heavy atom. The number of hydrogen-bond acceptors (Lipinski definition) is 1. The summed E-state index contributed by atoms with van der Waals surface area (Å²) in [6, 6.07) is 8.56. The van der Waals surface area contributed by atoms with Gasteiger partial charge >= 0.3 is 6.18 Å². The molecule has 110 valence electrons.